The van der Waals surface area contributed by atoms with E-state index >= 15 is 4.39 Å². The number of fused-ring (bicyclic) bond motifs is 1. The van der Waals surface area contributed by atoms with Gasteiger partial charge in [0.1, 0.15) is 5.69 Å². The molecular weight excluding hydrogens is 776 g/mol. The number of imide groups is 1. The first kappa shape index (κ1) is 40.4. The van der Waals surface area contributed by atoms with Gasteiger partial charge in [0.05, 0.1) is 23.3 Å². The molecule has 3 aromatic heterocycles. The molecule has 3 atom stereocenters. The van der Waals surface area contributed by atoms with Gasteiger partial charge in [-0.1, -0.05) is 24.6 Å². The third kappa shape index (κ3) is 8.93. The zero-order valence-corrected chi connectivity index (χ0v) is 34.6. The van der Waals surface area contributed by atoms with Gasteiger partial charge in [-0.3, -0.25) is 33.7 Å². The molecule has 9 rings (SSSR count). The number of aryl methyl sites for hydroxylation is 1. The van der Waals surface area contributed by atoms with Crippen molar-refractivity contribution in [3.63, 3.8) is 0 Å². The van der Waals surface area contributed by atoms with Crippen molar-refractivity contribution >= 4 is 40.3 Å². The molecule has 6 heterocycles. The molecule has 0 radical (unpaired) electrons. The summed E-state index contributed by atoms with van der Waals surface area (Å²) in [6.07, 6.45) is 11.0. The molecule has 4 fully saturated rings. The van der Waals surface area contributed by atoms with Crippen LogP contribution in [-0.2, 0) is 21.4 Å². The number of carbonyl (C=O) groups is 3. The van der Waals surface area contributed by atoms with Crippen molar-refractivity contribution in [3.05, 3.63) is 94.9 Å². The number of hydrogen-bond acceptors (Lipinski definition) is 10. The van der Waals surface area contributed by atoms with Gasteiger partial charge in [-0.2, -0.15) is 5.10 Å². The lowest BCUT2D eigenvalue weighted by Crippen LogP contribution is -2.48. The third-order valence-electron chi connectivity index (χ3n) is 13.2. The average molecular weight is 829 g/mol. The molecular formula is C46H53FN10O4. The molecule has 3 saturated heterocycles. The molecule has 4 aliphatic rings. The number of benzene rings is 2. The van der Waals surface area contributed by atoms with Crippen LogP contribution >= 0.6 is 0 Å². The van der Waals surface area contributed by atoms with E-state index in [1.165, 1.54) is 22.5 Å². The third-order valence-corrected chi connectivity index (χ3v) is 13.2. The SMILES string of the molecule is Cn1nc(C2CCC(=O)NC2=O)c2ccc(N3CCC(CN4CCC(NC(=O)C5CCCC(Nc6ncc(F)c(-c7cccc(-n8ccccc8=O)c7)n6)C5)CC4)CC3)cc21. The van der Waals surface area contributed by atoms with Gasteiger partial charge in [0.2, 0.25) is 23.7 Å². The van der Waals surface area contributed by atoms with Crippen molar-refractivity contribution in [1.82, 2.24) is 39.8 Å². The lowest BCUT2D eigenvalue weighted by Gasteiger charge is -2.39. The van der Waals surface area contributed by atoms with Crippen LogP contribution in [0.25, 0.3) is 27.8 Å². The van der Waals surface area contributed by atoms with E-state index in [-0.39, 0.29) is 47.0 Å². The lowest BCUT2D eigenvalue weighted by molar-refractivity contribution is -0.134. The summed E-state index contributed by atoms with van der Waals surface area (Å²) in [4.78, 5) is 64.0. The maximum atomic E-state index is 15.1. The second kappa shape index (κ2) is 17.6. The standard InChI is InChI=1S/C46H53FN10O4/c1-54-39-26-34(11-12-36(39)43(53-54)37-13-14-40(58)51-45(37)61)56-22-15-29(16-23-56)28-55-20-17-32(18-21-55)49-44(60)31-7-4-8-33(24-31)50-46-48-27-38(47)42(52-46)30-6-5-9-35(25-30)57-19-3-2-10-41(57)59/h2-3,5-6,9-12,19,25-27,29,31-33,37H,4,7-8,13-18,20-24,28H2,1H3,(H,49,60)(H,48,50,52)(H,51,58,61). The average Bonchev–Trinajstić information content (AvgIpc) is 3.60. The highest BCUT2D eigenvalue weighted by Crippen LogP contribution is 2.34. The Morgan fingerprint density at radius 1 is 0.885 bits per heavy atom. The van der Waals surface area contributed by atoms with E-state index in [1.54, 1.807) is 42.6 Å². The van der Waals surface area contributed by atoms with Gasteiger partial charge in [-0.25, -0.2) is 14.4 Å². The number of anilines is 2. The van der Waals surface area contributed by atoms with Crippen LogP contribution in [0.15, 0.2) is 77.9 Å². The van der Waals surface area contributed by atoms with Gasteiger partial charge < -0.3 is 20.4 Å². The predicted octanol–water partition coefficient (Wildman–Crippen LogP) is 5.31. The van der Waals surface area contributed by atoms with Gasteiger partial charge in [-0.15, -0.1) is 0 Å². The summed E-state index contributed by atoms with van der Waals surface area (Å²) >= 11 is 0. The number of nitrogens with zero attached hydrogens (tertiary/aromatic N) is 7. The van der Waals surface area contributed by atoms with Crippen molar-refractivity contribution in [3.8, 4) is 16.9 Å². The van der Waals surface area contributed by atoms with Gasteiger partial charge in [0.25, 0.3) is 5.56 Å². The van der Waals surface area contributed by atoms with Crippen LogP contribution in [0.1, 0.15) is 75.8 Å². The second-order valence-electron chi connectivity index (χ2n) is 17.3. The van der Waals surface area contributed by atoms with Crippen LogP contribution in [0.2, 0.25) is 0 Å². The van der Waals surface area contributed by atoms with Crippen LogP contribution in [0.5, 0.6) is 0 Å². The molecule has 3 unspecified atom stereocenters. The summed E-state index contributed by atoms with van der Waals surface area (Å²) in [6.45, 7) is 4.99. The largest absolute Gasteiger partial charge is 0.371 e. The predicted molar refractivity (Wildman–Crippen MR) is 231 cm³/mol. The number of amides is 3. The number of aromatic nitrogens is 5. The summed E-state index contributed by atoms with van der Waals surface area (Å²) in [5.74, 6) is -0.505. The van der Waals surface area contributed by atoms with E-state index in [4.69, 9.17) is 5.10 Å². The molecule has 0 bridgehead atoms. The van der Waals surface area contributed by atoms with Crippen LogP contribution in [0, 0.1) is 17.7 Å². The molecule has 1 saturated carbocycles. The highest BCUT2D eigenvalue weighted by Gasteiger charge is 2.33. The molecule has 15 heteroatoms. The number of halogens is 1. The maximum absolute atomic E-state index is 15.1. The first-order chi connectivity index (χ1) is 29.6. The van der Waals surface area contributed by atoms with Crippen LogP contribution in [0.3, 0.4) is 0 Å². The van der Waals surface area contributed by atoms with Crippen LogP contribution in [-0.4, -0.2) is 91.7 Å². The van der Waals surface area contributed by atoms with Crippen molar-refractivity contribution in [2.45, 2.75) is 82.2 Å². The Bertz CT molecular complexity index is 2490. The zero-order chi connectivity index (χ0) is 42.0. The van der Waals surface area contributed by atoms with Gasteiger partial charge >= 0.3 is 0 Å². The van der Waals surface area contributed by atoms with Gasteiger partial charge in [-0.05, 0) is 93.7 Å². The molecule has 0 spiro atoms. The maximum Gasteiger partial charge on any atom is 0.255 e. The molecule has 2 aromatic carbocycles. The highest BCUT2D eigenvalue weighted by atomic mass is 19.1. The number of likely N-dealkylation sites (tertiary alicyclic amines) is 1. The van der Waals surface area contributed by atoms with E-state index in [9.17, 15) is 19.2 Å². The number of piperidine rings is 3. The Hall–Kier alpha value is -5.96. The molecule has 3 aliphatic heterocycles. The van der Waals surface area contributed by atoms with Crippen molar-refractivity contribution in [2.75, 3.05) is 42.9 Å². The lowest BCUT2D eigenvalue weighted by atomic mass is 9.84. The first-order valence-electron chi connectivity index (χ1n) is 21.8. The first-order valence-corrected chi connectivity index (χ1v) is 21.8. The number of rotatable bonds is 10. The quantitative estimate of drug-likeness (QED) is 0.158. The minimum atomic E-state index is -0.554. The Morgan fingerprint density at radius 3 is 2.52 bits per heavy atom. The number of carbonyl (C=O) groups excluding carboxylic acids is 3. The molecule has 61 heavy (non-hydrogen) atoms. The van der Waals surface area contributed by atoms with Crippen molar-refractivity contribution < 1.29 is 18.8 Å². The molecule has 318 valence electrons. The minimum Gasteiger partial charge on any atom is -0.371 e. The summed E-state index contributed by atoms with van der Waals surface area (Å²) in [7, 11) is 1.91. The van der Waals surface area contributed by atoms with Gasteiger partial charge in [0, 0.05) is 98.8 Å². The van der Waals surface area contributed by atoms with E-state index in [1.807, 2.05) is 11.7 Å². The number of nitrogens with one attached hydrogen (secondary N) is 3. The highest BCUT2D eigenvalue weighted by molar-refractivity contribution is 6.02. The Kier molecular flexibility index (Phi) is 11.6. The second-order valence-corrected chi connectivity index (χ2v) is 17.3. The molecule has 14 nitrogen and oxygen atoms in total. The normalized spacial score (nSPS) is 22.0. The topological polar surface area (TPSA) is 159 Å². The summed E-state index contributed by atoms with van der Waals surface area (Å²) < 4.78 is 18.4. The Labute approximate surface area is 353 Å². The minimum absolute atomic E-state index is 0.0128. The summed E-state index contributed by atoms with van der Waals surface area (Å²) in [5, 5.41) is 14.9. The fourth-order valence-electron chi connectivity index (χ4n) is 9.82. The monoisotopic (exact) mass is 828 g/mol. The molecule has 5 aromatic rings. The fourth-order valence-corrected chi connectivity index (χ4v) is 9.82. The van der Waals surface area contributed by atoms with E-state index in [2.05, 4.69) is 53.9 Å². The smallest absolute Gasteiger partial charge is 0.255 e. The van der Waals surface area contributed by atoms with Gasteiger partial charge in [0.15, 0.2) is 5.82 Å². The fraction of sp³-hybridized carbons (Fsp3) is 0.457. The van der Waals surface area contributed by atoms with Crippen LogP contribution < -0.4 is 26.4 Å². The van der Waals surface area contributed by atoms with Crippen LogP contribution in [0.4, 0.5) is 16.0 Å². The summed E-state index contributed by atoms with van der Waals surface area (Å²) in [6, 6.07) is 18.5. The molecule has 1 aliphatic carbocycles. The zero-order valence-electron chi connectivity index (χ0n) is 34.6. The number of pyridine rings is 1. The Balaban J connectivity index is 0.727. The van der Waals surface area contributed by atoms with E-state index < -0.39 is 11.7 Å². The summed E-state index contributed by atoms with van der Waals surface area (Å²) in [5.41, 5.74) is 4.01. The van der Waals surface area contributed by atoms with Crippen molar-refractivity contribution in [1.29, 1.82) is 0 Å². The Morgan fingerprint density at radius 2 is 1.72 bits per heavy atom. The van der Waals surface area contributed by atoms with E-state index in [0.717, 1.165) is 94.3 Å². The molecule has 3 N–H and O–H groups in total. The number of hydrogen-bond donors (Lipinski definition) is 3. The van der Waals surface area contributed by atoms with E-state index in [0.29, 0.717) is 42.4 Å². The van der Waals surface area contributed by atoms with Crippen molar-refractivity contribution in [2.24, 2.45) is 18.9 Å². The molecule has 3 amide bonds.